The van der Waals surface area contributed by atoms with Crippen molar-refractivity contribution in [2.24, 2.45) is 0 Å². The van der Waals surface area contributed by atoms with E-state index in [2.05, 4.69) is 20.9 Å². The van der Waals surface area contributed by atoms with Gasteiger partial charge in [-0.05, 0) is 61.2 Å². The first-order chi connectivity index (χ1) is 14.0. The Balaban J connectivity index is 1.69. The van der Waals surface area contributed by atoms with Crippen LogP contribution < -0.4 is 10.7 Å². The Labute approximate surface area is 177 Å². The summed E-state index contributed by atoms with van der Waals surface area (Å²) in [6, 6.07) is 9.17. The number of aryl methyl sites for hydroxylation is 1. The average Bonchev–Trinajstić information content (AvgIpc) is 3.23. The van der Waals surface area contributed by atoms with Gasteiger partial charge in [-0.2, -0.15) is 5.10 Å². The highest BCUT2D eigenvalue weighted by molar-refractivity contribution is 7.71. The zero-order chi connectivity index (χ0) is 20.4. The molecule has 2 aromatic heterocycles. The molecule has 2 amide bonds. The van der Waals surface area contributed by atoms with Crippen molar-refractivity contribution in [3.8, 4) is 0 Å². The third-order valence-electron chi connectivity index (χ3n) is 4.89. The van der Waals surface area contributed by atoms with Gasteiger partial charge in [0.1, 0.15) is 0 Å². The molecule has 9 heteroatoms. The van der Waals surface area contributed by atoms with E-state index in [0.29, 0.717) is 22.6 Å². The molecular weight excluding hydrogens is 406 g/mol. The van der Waals surface area contributed by atoms with Gasteiger partial charge in [-0.3, -0.25) is 20.1 Å². The molecule has 1 aliphatic rings. The number of rotatable bonds is 5. The Morgan fingerprint density at radius 3 is 2.76 bits per heavy atom. The highest BCUT2D eigenvalue weighted by Crippen LogP contribution is 2.39. The highest BCUT2D eigenvalue weighted by Gasteiger charge is 2.24. The molecule has 29 heavy (non-hydrogen) atoms. The van der Waals surface area contributed by atoms with Gasteiger partial charge in [0.25, 0.3) is 5.91 Å². The van der Waals surface area contributed by atoms with Gasteiger partial charge in [0.15, 0.2) is 5.82 Å². The molecular formula is C20H21N5O2S2. The second-order valence-electron chi connectivity index (χ2n) is 6.96. The van der Waals surface area contributed by atoms with Crippen LogP contribution in [-0.4, -0.2) is 26.7 Å². The smallest absolute Gasteiger partial charge is 0.256 e. The molecule has 0 aliphatic heterocycles. The van der Waals surface area contributed by atoms with E-state index >= 15 is 0 Å². The normalized spacial score (nSPS) is 13.0. The van der Waals surface area contributed by atoms with Crippen LogP contribution in [0.2, 0.25) is 0 Å². The van der Waals surface area contributed by atoms with Gasteiger partial charge in [-0.1, -0.05) is 18.2 Å². The van der Waals surface area contributed by atoms with Crippen molar-refractivity contribution in [1.29, 1.82) is 0 Å². The Bertz CT molecular complexity index is 1110. The number of fused-ring (bicyclic) bond motifs is 1. The first-order valence-electron chi connectivity index (χ1n) is 9.46. The molecule has 2 heterocycles. The summed E-state index contributed by atoms with van der Waals surface area (Å²) in [6.45, 7) is 1.43. The van der Waals surface area contributed by atoms with Gasteiger partial charge in [-0.25, -0.2) is 4.68 Å². The monoisotopic (exact) mass is 427 g/mol. The van der Waals surface area contributed by atoms with E-state index in [1.165, 1.54) is 22.0 Å². The fourth-order valence-electron chi connectivity index (χ4n) is 3.56. The Kier molecular flexibility index (Phi) is 5.59. The lowest BCUT2D eigenvalue weighted by Gasteiger charge is -2.13. The van der Waals surface area contributed by atoms with Crippen molar-refractivity contribution in [1.82, 2.24) is 14.9 Å². The van der Waals surface area contributed by atoms with E-state index in [1.54, 1.807) is 23.5 Å². The molecule has 0 bridgehead atoms. The van der Waals surface area contributed by atoms with E-state index in [9.17, 15) is 9.59 Å². The van der Waals surface area contributed by atoms with E-state index in [-0.39, 0.29) is 11.8 Å². The Morgan fingerprint density at radius 2 is 2.00 bits per heavy atom. The summed E-state index contributed by atoms with van der Waals surface area (Å²) in [5.41, 5.74) is 5.65. The molecule has 150 valence electrons. The molecule has 0 saturated carbocycles. The predicted octanol–water partition coefficient (Wildman–Crippen LogP) is 3.81. The van der Waals surface area contributed by atoms with Crippen LogP contribution in [-0.2, 0) is 24.1 Å². The molecule has 3 aromatic rings. The SMILES string of the molecule is CC(=O)Nn1c(Cc2c(NC(=O)c3ccccc3)sc3c2CCCC3)n[nH]c1=S. The van der Waals surface area contributed by atoms with Gasteiger partial charge in [0.2, 0.25) is 10.7 Å². The molecule has 0 spiro atoms. The number of nitrogens with zero attached hydrogens (tertiary/aromatic N) is 2. The first kappa shape index (κ1) is 19.5. The van der Waals surface area contributed by atoms with Crippen molar-refractivity contribution >= 4 is 40.4 Å². The summed E-state index contributed by atoms with van der Waals surface area (Å²) in [6.07, 6.45) is 4.75. The largest absolute Gasteiger partial charge is 0.313 e. The lowest BCUT2D eigenvalue weighted by Crippen LogP contribution is -2.22. The van der Waals surface area contributed by atoms with Gasteiger partial charge in [0, 0.05) is 23.8 Å². The maximum atomic E-state index is 12.7. The third-order valence-corrected chi connectivity index (χ3v) is 6.41. The second-order valence-corrected chi connectivity index (χ2v) is 8.46. The summed E-state index contributed by atoms with van der Waals surface area (Å²) in [4.78, 5) is 25.6. The summed E-state index contributed by atoms with van der Waals surface area (Å²) in [7, 11) is 0. The van der Waals surface area contributed by atoms with Crippen molar-refractivity contribution in [3.05, 3.63) is 62.5 Å². The number of benzene rings is 1. The average molecular weight is 428 g/mol. The van der Waals surface area contributed by atoms with Crippen molar-refractivity contribution in [2.45, 2.75) is 39.0 Å². The van der Waals surface area contributed by atoms with Crippen LogP contribution in [0.1, 0.15) is 52.0 Å². The number of nitrogens with one attached hydrogen (secondary N) is 3. The van der Waals surface area contributed by atoms with Gasteiger partial charge >= 0.3 is 0 Å². The van der Waals surface area contributed by atoms with Crippen LogP contribution in [0.3, 0.4) is 0 Å². The summed E-state index contributed by atoms with van der Waals surface area (Å²) >= 11 is 6.88. The number of carbonyl (C=O) groups excluding carboxylic acids is 2. The minimum atomic E-state index is -0.228. The zero-order valence-electron chi connectivity index (χ0n) is 15.9. The van der Waals surface area contributed by atoms with Crippen LogP contribution in [0, 0.1) is 4.77 Å². The third kappa shape index (κ3) is 4.15. The van der Waals surface area contributed by atoms with Crippen LogP contribution in [0.15, 0.2) is 30.3 Å². The number of aromatic nitrogens is 3. The van der Waals surface area contributed by atoms with Crippen molar-refractivity contribution in [2.75, 3.05) is 10.7 Å². The molecule has 0 fully saturated rings. The molecule has 0 unspecified atom stereocenters. The quantitative estimate of drug-likeness (QED) is 0.540. The molecule has 0 saturated heterocycles. The number of carbonyl (C=O) groups is 2. The molecule has 3 N–H and O–H groups in total. The summed E-state index contributed by atoms with van der Waals surface area (Å²) < 4.78 is 1.82. The van der Waals surface area contributed by atoms with Crippen LogP contribution in [0.25, 0.3) is 0 Å². The minimum Gasteiger partial charge on any atom is -0.313 e. The second kappa shape index (κ2) is 8.30. The van der Waals surface area contributed by atoms with E-state index in [0.717, 1.165) is 36.2 Å². The standard InChI is InChI=1S/C20H21N5O2S2/c1-12(26)24-25-17(22-23-20(25)28)11-15-14-9-5-6-10-16(14)29-19(15)21-18(27)13-7-3-2-4-8-13/h2-4,7-8H,5-6,9-11H2,1H3,(H,21,27)(H,23,28)(H,24,26). The molecule has 1 aromatic carbocycles. The first-order valence-corrected chi connectivity index (χ1v) is 10.7. The molecule has 4 rings (SSSR count). The van der Waals surface area contributed by atoms with Gasteiger partial charge in [-0.15, -0.1) is 11.3 Å². The van der Waals surface area contributed by atoms with Crippen molar-refractivity contribution < 1.29 is 9.59 Å². The van der Waals surface area contributed by atoms with Gasteiger partial charge < -0.3 is 5.32 Å². The summed E-state index contributed by atoms with van der Waals surface area (Å²) in [5, 5.41) is 11.0. The number of amides is 2. The lowest BCUT2D eigenvalue weighted by molar-refractivity contribution is -0.115. The molecule has 0 atom stereocenters. The lowest BCUT2D eigenvalue weighted by atomic mass is 9.94. The highest BCUT2D eigenvalue weighted by atomic mass is 32.1. The van der Waals surface area contributed by atoms with E-state index in [1.807, 2.05) is 18.2 Å². The van der Waals surface area contributed by atoms with Gasteiger partial charge in [0.05, 0.1) is 5.00 Å². The Hall–Kier alpha value is -2.78. The number of aromatic amines is 1. The minimum absolute atomic E-state index is 0.133. The summed E-state index contributed by atoms with van der Waals surface area (Å²) in [5.74, 6) is 0.242. The fraction of sp³-hybridized carbons (Fsp3) is 0.300. The van der Waals surface area contributed by atoms with Crippen LogP contribution in [0.5, 0.6) is 0 Å². The molecule has 0 radical (unpaired) electrons. The zero-order valence-corrected chi connectivity index (χ0v) is 17.6. The number of anilines is 1. The van der Waals surface area contributed by atoms with Crippen LogP contribution >= 0.6 is 23.6 Å². The van der Waals surface area contributed by atoms with Crippen molar-refractivity contribution in [3.63, 3.8) is 0 Å². The van der Waals surface area contributed by atoms with Crippen LogP contribution in [0.4, 0.5) is 5.00 Å². The fourth-order valence-corrected chi connectivity index (χ4v) is 5.06. The van der Waals surface area contributed by atoms with E-state index < -0.39 is 0 Å². The maximum absolute atomic E-state index is 12.7. The maximum Gasteiger partial charge on any atom is 0.256 e. The number of thiophene rings is 1. The molecule has 1 aliphatic carbocycles. The predicted molar refractivity (Wildman–Crippen MR) is 116 cm³/mol. The number of hydrogen-bond donors (Lipinski definition) is 3. The Morgan fingerprint density at radius 1 is 1.24 bits per heavy atom. The topological polar surface area (TPSA) is 91.8 Å². The van der Waals surface area contributed by atoms with E-state index in [4.69, 9.17) is 12.2 Å². The molecule has 7 nitrogen and oxygen atoms in total. The number of hydrogen-bond acceptors (Lipinski definition) is 5. The number of H-pyrrole nitrogens is 1.